The summed E-state index contributed by atoms with van der Waals surface area (Å²) in [5.41, 5.74) is 0.909. The highest BCUT2D eigenvalue weighted by molar-refractivity contribution is 7.86. The zero-order valence-electron chi connectivity index (χ0n) is 10.6. The molecule has 96 valence electrons. The predicted molar refractivity (Wildman–Crippen MR) is 70.9 cm³/mol. The van der Waals surface area contributed by atoms with Crippen molar-refractivity contribution in [3.05, 3.63) is 35.6 Å². The third-order valence-corrected chi connectivity index (χ3v) is 4.31. The molecule has 2 nitrogen and oxygen atoms in total. The van der Waals surface area contributed by atoms with Crippen LogP contribution in [0.4, 0.5) is 4.39 Å². The molecule has 0 radical (unpaired) electrons. The minimum atomic E-state index is -0.836. The lowest BCUT2D eigenvalue weighted by atomic mass is 10.2. The molecule has 0 spiro atoms. The van der Waals surface area contributed by atoms with Crippen molar-refractivity contribution < 1.29 is 8.60 Å². The summed E-state index contributed by atoms with van der Waals surface area (Å²) in [6, 6.07) is 6.50. The third kappa shape index (κ3) is 5.41. The van der Waals surface area contributed by atoms with Gasteiger partial charge < -0.3 is 5.32 Å². The van der Waals surface area contributed by atoms with Crippen LogP contribution >= 0.6 is 0 Å². The molecule has 0 aliphatic rings. The highest BCUT2D eigenvalue weighted by atomic mass is 32.2. The van der Waals surface area contributed by atoms with Gasteiger partial charge in [-0.2, -0.15) is 0 Å². The summed E-state index contributed by atoms with van der Waals surface area (Å²) in [6.07, 6.45) is 0. The number of nitrogens with one attached hydrogen (secondary N) is 1. The SMILES string of the molecule is CC(C)(C)[S@@](=O)CCNCc1cccc(F)c1. The van der Waals surface area contributed by atoms with Crippen molar-refractivity contribution >= 4 is 10.8 Å². The Hall–Kier alpha value is -0.740. The van der Waals surface area contributed by atoms with Crippen LogP contribution in [0.1, 0.15) is 26.3 Å². The molecule has 0 saturated carbocycles. The van der Waals surface area contributed by atoms with E-state index in [2.05, 4.69) is 5.32 Å². The lowest BCUT2D eigenvalue weighted by Gasteiger charge is -2.17. The quantitative estimate of drug-likeness (QED) is 0.821. The highest BCUT2D eigenvalue weighted by Crippen LogP contribution is 2.10. The second kappa shape index (κ2) is 6.26. The Morgan fingerprint density at radius 1 is 1.35 bits per heavy atom. The Balaban J connectivity index is 2.28. The lowest BCUT2D eigenvalue weighted by molar-refractivity contribution is 0.620. The molecule has 17 heavy (non-hydrogen) atoms. The Labute approximate surface area is 105 Å². The number of hydrogen-bond donors (Lipinski definition) is 1. The Morgan fingerprint density at radius 3 is 2.65 bits per heavy atom. The van der Waals surface area contributed by atoms with Gasteiger partial charge in [0.05, 0.1) is 0 Å². The predicted octanol–water partition coefficient (Wildman–Crippen LogP) is 2.46. The van der Waals surface area contributed by atoms with Crippen molar-refractivity contribution in [1.82, 2.24) is 5.32 Å². The van der Waals surface area contributed by atoms with Gasteiger partial charge in [-0.25, -0.2) is 4.39 Å². The summed E-state index contributed by atoms with van der Waals surface area (Å²) >= 11 is 0. The van der Waals surface area contributed by atoms with Gasteiger partial charge in [0, 0.05) is 34.4 Å². The molecular formula is C13H20FNOS. The minimum Gasteiger partial charge on any atom is -0.312 e. The number of benzene rings is 1. The number of halogens is 1. The molecule has 0 aromatic heterocycles. The van der Waals surface area contributed by atoms with Gasteiger partial charge in [-0.15, -0.1) is 0 Å². The van der Waals surface area contributed by atoms with E-state index < -0.39 is 10.8 Å². The highest BCUT2D eigenvalue weighted by Gasteiger charge is 2.18. The van der Waals surface area contributed by atoms with E-state index in [9.17, 15) is 8.60 Å². The zero-order valence-corrected chi connectivity index (χ0v) is 11.4. The number of rotatable bonds is 5. The molecule has 1 aromatic rings. The Morgan fingerprint density at radius 2 is 2.06 bits per heavy atom. The van der Waals surface area contributed by atoms with Crippen molar-refractivity contribution in [3.8, 4) is 0 Å². The smallest absolute Gasteiger partial charge is 0.123 e. The van der Waals surface area contributed by atoms with E-state index in [1.807, 2.05) is 26.8 Å². The van der Waals surface area contributed by atoms with Gasteiger partial charge in [0.25, 0.3) is 0 Å². The van der Waals surface area contributed by atoms with Crippen LogP contribution in [-0.2, 0) is 17.3 Å². The van der Waals surface area contributed by atoms with E-state index in [0.29, 0.717) is 18.8 Å². The van der Waals surface area contributed by atoms with Crippen molar-refractivity contribution in [2.24, 2.45) is 0 Å². The van der Waals surface area contributed by atoms with Crippen LogP contribution in [0.15, 0.2) is 24.3 Å². The monoisotopic (exact) mass is 257 g/mol. The van der Waals surface area contributed by atoms with Gasteiger partial charge in [-0.3, -0.25) is 4.21 Å². The molecule has 0 aliphatic heterocycles. The first-order chi connectivity index (χ1) is 7.89. The second-order valence-corrected chi connectivity index (χ2v) is 7.29. The van der Waals surface area contributed by atoms with Crippen molar-refractivity contribution in [2.45, 2.75) is 32.1 Å². The zero-order chi connectivity index (χ0) is 12.9. The van der Waals surface area contributed by atoms with Gasteiger partial charge in [-0.05, 0) is 38.5 Å². The maximum absolute atomic E-state index is 12.9. The minimum absolute atomic E-state index is 0.166. The van der Waals surface area contributed by atoms with E-state index in [1.165, 1.54) is 12.1 Å². The normalized spacial score (nSPS) is 13.6. The fourth-order valence-electron chi connectivity index (χ4n) is 1.35. The van der Waals surface area contributed by atoms with Crippen LogP contribution in [0.3, 0.4) is 0 Å². The average molecular weight is 257 g/mol. The summed E-state index contributed by atoms with van der Waals surface area (Å²) in [5.74, 6) is 0.404. The van der Waals surface area contributed by atoms with Crippen LogP contribution in [-0.4, -0.2) is 21.3 Å². The first-order valence-corrected chi connectivity index (χ1v) is 7.05. The van der Waals surface area contributed by atoms with E-state index in [4.69, 9.17) is 0 Å². The molecule has 0 amide bonds. The molecule has 4 heteroatoms. The fourth-order valence-corrected chi connectivity index (χ4v) is 2.29. The second-order valence-electron chi connectivity index (χ2n) is 4.97. The van der Waals surface area contributed by atoms with Crippen molar-refractivity contribution in [1.29, 1.82) is 0 Å². The topological polar surface area (TPSA) is 29.1 Å². The first-order valence-electron chi connectivity index (χ1n) is 5.73. The molecule has 1 atom stereocenters. The molecule has 0 fully saturated rings. The molecule has 1 rings (SSSR count). The summed E-state index contributed by atoms with van der Waals surface area (Å²) in [6.45, 7) is 7.19. The van der Waals surface area contributed by atoms with Gasteiger partial charge in [-0.1, -0.05) is 12.1 Å². The Kier molecular flexibility index (Phi) is 5.28. The molecule has 0 heterocycles. The van der Waals surface area contributed by atoms with Crippen LogP contribution in [0.2, 0.25) is 0 Å². The van der Waals surface area contributed by atoms with Gasteiger partial charge in [0.1, 0.15) is 5.82 Å². The molecule has 1 N–H and O–H groups in total. The maximum Gasteiger partial charge on any atom is 0.123 e. The van der Waals surface area contributed by atoms with E-state index in [1.54, 1.807) is 6.07 Å². The number of hydrogen-bond acceptors (Lipinski definition) is 2. The van der Waals surface area contributed by atoms with Crippen molar-refractivity contribution in [3.63, 3.8) is 0 Å². The first kappa shape index (κ1) is 14.3. The average Bonchev–Trinajstić information content (AvgIpc) is 2.23. The summed E-state index contributed by atoms with van der Waals surface area (Å²) in [7, 11) is -0.836. The standard InChI is InChI=1S/C13H20FNOS/c1-13(2,3)17(16)8-7-15-10-11-5-4-6-12(14)9-11/h4-6,9,15H,7-8,10H2,1-3H3/t17-/m0/s1. The summed E-state index contributed by atoms with van der Waals surface area (Å²) in [5, 5.41) is 3.17. The maximum atomic E-state index is 12.9. The molecule has 0 aliphatic carbocycles. The van der Waals surface area contributed by atoms with Crippen LogP contribution in [0.5, 0.6) is 0 Å². The fraction of sp³-hybridized carbons (Fsp3) is 0.538. The summed E-state index contributed by atoms with van der Waals surface area (Å²) < 4.78 is 24.5. The molecule has 1 aromatic carbocycles. The van der Waals surface area contributed by atoms with Crippen LogP contribution < -0.4 is 5.32 Å². The summed E-state index contributed by atoms with van der Waals surface area (Å²) in [4.78, 5) is 0. The van der Waals surface area contributed by atoms with E-state index >= 15 is 0 Å². The lowest BCUT2D eigenvalue weighted by Crippen LogP contribution is -2.29. The van der Waals surface area contributed by atoms with Gasteiger partial charge in [0.15, 0.2) is 0 Å². The third-order valence-electron chi connectivity index (χ3n) is 2.37. The molecule has 0 unspecified atom stereocenters. The molecular weight excluding hydrogens is 237 g/mol. The van der Waals surface area contributed by atoms with Crippen molar-refractivity contribution in [2.75, 3.05) is 12.3 Å². The largest absolute Gasteiger partial charge is 0.312 e. The van der Waals surface area contributed by atoms with Crippen LogP contribution in [0.25, 0.3) is 0 Å². The van der Waals surface area contributed by atoms with Gasteiger partial charge >= 0.3 is 0 Å². The van der Waals surface area contributed by atoms with Gasteiger partial charge in [0.2, 0.25) is 0 Å². The molecule has 0 bridgehead atoms. The van der Waals surface area contributed by atoms with E-state index in [-0.39, 0.29) is 10.6 Å². The molecule has 0 saturated heterocycles. The Bertz CT molecular complexity index is 387. The van der Waals surface area contributed by atoms with E-state index in [0.717, 1.165) is 5.56 Å². The van der Waals surface area contributed by atoms with Crippen LogP contribution in [0, 0.1) is 5.82 Å².